The lowest BCUT2D eigenvalue weighted by Gasteiger charge is -2.26. The van der Waals surface area contributed by atoms with Crippen molar-refractivity contribution in [2.45, 2.75) is 0 Å². The number of nitrogen functional groups attached to an aromatic ring is 1. The molecule has 0 saturated carbocycles. The lowest BCUT2D eigenvalue weighted by Crippen LogP contribution is -2.41. The molecule has 0 aliphatic carbocycles. The predicted molar refractivity (Wildman–Crippen MR) is 73.8 cm³/mol. The first kappa shape index (κ1) is 15.6. The summed E-state index contributed by atoms with van der Waals surface area (Å²) in [6, 6.07) is 1.89. The molecule has 1 aromatic carbocycles. The SMILES string of the molecule is NNc1c(F)cc(C(=O)NCCN2CCOCC2)cc1F. The van der Waals surface area contributed by atoms with E-state index in [1.807, 2.05) is 5.43 Å². The molecule has 0 radical (unpaired) electrons. The normalized spacial score (nSPS) is 15.8. The smallest absolute Gasteiger partial charge is 0.251 e. The quantitative estimate of drug-likeness (QED) is 0.539. The monoisotopic (exact) mass is 300 g/mol. The van der Waals surface area contributed by atoms with E-state index in [2.05, 4.69) is 10.2 Å². The van der Waals surface area contributed by atoms with Gasteiger partial charge in [-0.2, -0.15) is 0 Å². The Balaban J connectivity index is 1.88. The standard InChI is InChI=1S/C13H18F2N4O2/c14-10-7-9(8-11(15)12(10)18-16)13(20)17-1-2-19-3-5-21-6-4-19/h7-8,18H,1-6,16H2,(H,17,20). The van der Waals surface area contributed by atoms with Gasteiger partial charge in [-0.25, -0.2) is 8.78 Å². The number of nitrogens with zero attached hydrogens (tertiary/aromatic N) is 1. The van der Waals surface area contributed by atoms with E-state index < -0.39 is 23.2 Å². The Morgan fingerprint density at radius 1 is 1.29 bits per heavy atom. The van der Waals surface area contributed by atoms with Crippen molar-refractivity contribution >= 4 is 11.6 Å². The van der Waals surface area contributed by atoms with Crippen LogP contribution in [0.1, 0.15) is 10.4 Å². The van der Waals surface area contributed by atoms with Crippen molar-refractivity contribution in [1.29, 1.82) is 0 Å². The topological polar surface area (TPSA) is 79.6 Å². The highest BCUT2D eigenvalue weighted by Crippen LogP contribution is 2.19. The molecule has 1 amide bonds. The molecule has 0 spiro atoms. The Kier molecular flexibility index (Phi) is 5.43. The van der Waals surface area contributed by atoms with Crippen LogP contribution in [0, 0.1) is 11.6 Å². The van der Waals surface area contributed by atoms with Gasteiger partial charge in [0.25, 0.3) is 5.91 Å². The van der Waals surface area contributed by atoms with Gasteiger partial charge in [-0.3, -0.25) is 15.5 Å². The number of anilines is 1. The van der Waals surface area contributed by atoms with E-state index in [1.165, 1.54) is 0 Å². The van der Waals surface area contributed by atoms with Gasteiger partial charge in [-0.05, 0) is 12.1 Å². The zero-order chi connectivity index (χ0) is 15.2. The van der Waals surface area contributed by atoms with Gasteiger partial charge in [0.2, 0.25) is 0 Å². The minimum Gasteiger partial charge on any atom is -0.379 e. The minimum atomic E-state index is -0.907. The number of nitrogens with one attached hydrogen (secondary N) is 2. The lowest BCUT2D eigenvalue weighted by molar-refractivity contribution is 0.0383. The molecule has 1 aromatic rings. The molecule has 1 aliphatic rings. The summed E-state index contributed by atoms with van der Waals surface area (Å²) in [4.78, 5) is 14.0. The van der Waals surface area contributed by atoms with Gasteiger partial charge in [0.1, 0.15) is 5.69 Å². The number of carbonyl (C=O) groups is 1. The number of morpholine rings is 1. The van der Waals surface area contributed by atoms with Crippen LogP contribution >= 0.6 is 0 Å². The third-order valence-corrected chi connectivity index (χ3v) is 3.27. The van der Waals surface area contributed by atoms with Crippen molar-refractivity contribution in [3.8, 4) is 0 Å². The third kappa shape index (κ3) is 4.10. The fraction of sp³-hybridized carbons (Fsp3) is 0.462. The van der Waals surface area contributed by atoms with Crippen LogP contribution in [0.5, 0.6) is 0 Å². The summed E-state index contributed by atoms with van der Waals surface area (Å²) < 4.78 is 32.2. The van der Waals surface area contributed by atoms with Crippen molar-refractivity contribution in [3.63, 3.8) is 0 Å². The van der Waals surface area contributed by atoms with E-state index in [0.717, 1.165) is 25.2 Å². The zero-order valence-electron chi connectivity index (χ0n) is 11.5. The second-order valence-electron chi connectivity index (χ2n) is 4.67. The summed E-state index contributed by atoms with van der Waals surface area (Å²) in [7, 11) is 0. The number of amides is 1. The van der Waals surface area contributed by atoms with Gasteiger partial charge < -0.3 is 15.5 Å². The number of nitrogens with two attached hydrogens (primary N) is 1. The largest absolute Gasteiger partial charge is 0.379 e. The van der Waals surface area contributed by atoms with Crippen molar-refractivity contribution in [2.75, 3.05) is 44.8 Å². The molecule has 2 rings (SSSR count). The van der Waals surface area contributed by atoms with Crippen molar-refractivity contribution < 1.29 is 18.3 Å². The summed E-state index contributed by atoms with van der Waals surface area (Å²) in [6.07, 6.45) is 0. The molecule has 0 unspecified atom stereocenters. The van der Waals surface area contributed by atoms with Gasteiger partial charge in [-0.1, -0.05) is 0 Å². The number of hydrogen-bond acceptors (Lipinski definition) is 5. The summed E-state index contributed by atoms with van der Waals surface area (Å²) in [5, 5.41) is 2.63. The van der Waals surface area contributed by atoms with E-state index in [-0.39, 0.29) is 5.56 Å². The molecule has 1 heterocycles. The van der Waals surface area contributed by atoms with E-state index in [9.17, 15) is 13.6 Å². The number of rotatable bonds is 5. The first-order chi connectivity index (χ1) is 10.1. The molecular formula is C13H18F2N4O2. The Morgan fingerprint density at radius 2 is 1.90 bits per heavy atom. The Hall–Kier alpha value is -1.77. The maximum absolute atomic E-state index is 13.5. The summed E-state index contributed by atoms with van der Waals surface area (Å²) in [5.41, 5.74) is 1.38. The molecule has 4 N–H and O–H groups in total. The molecule has 21 heavy (non-hydrogen) atoms. The Morgan fingerprint density at radius 3 is 2.48 bits per heavy atom. The van der Waals surface area contributed by atoms with Crippen LogP contribution in [0.25, 0.3) is 0 Å². The number of carbonyl (C=O) groups excluding carboxylic acids is 1. The van der Waals surface area contributed by atoms with Gasteiger partial charge in [0, 0.05) is 31.7 Å². The third-order valence-electron chi connectivity index (χ3n) is 3.27. The maximum Gasteiger partial charge on any atom is 0.251 e. The van der Waals surface area contributed by atoms with E-state index in [0.29, 0.717) is 26.3 Å². The van der Waals surface area contributed by atoms with Gasteiger partial charge in [-0.15, -0.1) is 0 Å². The number of benzene rings is 1. The Labute approximate surface area is 121 Å². The fourth-order valence-electron chi connectivity index (χ4n) is 2.10. The van der Waals surface area contributed by atoms with Crippen LogP contribution in [0.4, 0.5) is 14.5 Å². The first-order valence-electron chi connectivity index (χ1n) is 6.66. The molecular weight excluding hydrogens is 282 g/mol. The molecule has 1 saturated heterocycles. The zero-order valence-corrected chi connectivity index (χ0v) is 11.5. The number of halogens is 2. The van der Waals surface area contributed by atoms with Crippen molar-refractivity contribution in [3.05, 3.63) is 29.3 Å². The molecule has 0 aromatic heterocycles. The van der Waals surface area contributed by atoms with Crippen LogP contribution in [0.15, 0.2) is 12.1 Å². The molecule has 6 nitrogen and oxygen atoms in total. The molecule has 116 valence electrons. The fourth-order valence-corrected chi connectivity index (χ4v) is 2.10. The van der Waals surface area contributed by atoms with Crippen LogP contribution < -0.4 is 16.6 Å². The summed E-state index contributed by atoms with van der Waals surface area (Å²) in [5.74, 6) is 2.66. The lowest BCUT2D eigenvalue weighted by atomic mass is 10.1. The van der Waals surface area contributed by atoms with Gasteiger partial charge >= 0.3 is 0 Å². The second kappa shape index (κ2) is 7.30. The number of hydrazine groups is 1. The minimum absolute atomic E-state index is 0.0778. The van der Waals surface area contributed by atoms with Gasteiger partial charge in [0.05, 0.1) is 13.2 Å². The summed E-state index contributed by atoms with van der Waals surface area (Å²) >= 11 is 0. The molecule has 1 fully saturated rings. The van der Waals surface area contributed by atoms with Crippen LogP contribution in [0.3, 0.4) is 0 Å². The predicted octanol–water partition coefficient (Wildman–Crippen LogP) is 0.312. The number of hydrogen-bond donors (Lipinski definition) is 3. The van der Waals surface area contributed by atoms with Crippen LogP contribution in [-0.4, -0.2) is 50.2 Å². The van der Waals surface area contributed by atoms with Crippen molar-refractivity contribution in [1.82, 2.24) is 10.2 Å². The average molecular weight is 300 g/mol. The van der Waals surface area contributed by atoms with Crippen LogP contribution in [-0.2, 0) is 4.74 Å². The number of ether oxygens (including phenoxy) is 1. The average Bonchev–Trinajstić information content (AvgIpc) is 2.48. The second-order valence-corrected chi connectivity index (χ2v) is 4.67. The van der Waals surface area contributed by atoms with E-state index in [1.54, 1.807) is 0 Å². The highest BCUT2D eigenvalue weighted by molar-refractivity contribution is 5.94. The van der Waals surface area contributed by atoms with Gasteiger partial charge in [0.15, 0.2) is 11.6 Å². The van der Waals surface area contributed by atoms with Crippen molar-refractivity contribution in [2.24, 2.45) is 5.84 Å². The molecule has 1 aliphatic heterocycles. The van der Waals surface area contributed by atoms with Crippen LogP contribution in [0.2, 0.25) is 0 Å². The van der Waals surface area contributed by atoms with E-state index >= 15 is 0 Å². The maximum atomic E-state index is 13.5. The molecule has 8 heteroatoms. The molecule has 0 bridgehead atoms. The Bertz CT molecular complexity index is 484. The first-order valence-corrected chi connectivity index (χ1v) is 6.66. The molecule has 0 atom stereocenters. The highest BCUT2D eigenvalue weighted by Gasteiger charge is 2.15. The summed E-state index contributed by atoms with van der Waals surface area (Å²) in [6.45, 7) is 4.06. The van der Waals surface area contributed by atoms with E-state index in [4.69, 9.17) is 10.6 Å². The highest BCUT2D eigenvalue weighted by atomic mass is 19.1.